The van der Waals surface area contributed by atoms with E-state index in [4.69, 9.17) is 52.1 Å². The minimum atomic E-state index is -1.72. The zero-order valence-electron chi connectivity index (χ0n) is 40.3. The van der Waals surface area contributed by atoms with E-state index in [-0.39, 0.29) is 49.4 Å². The minimum Gasteiger partial charge on any atom is -0.469 e. The molecule has 0 saturated carbocycles. The summed E-state index contributed by atoms with van der Waals surface area (Å²) in [6, 6.07) is 42.8. The summed E-state index contributed by atoms with van der Waals surface area (Å²) >= 11 is 0. The normalized spacial score (nSPS) is 19.1. The Kier molecular flexibility index (Phi) is 21.9. The van der Waals surface area contributed by atoms with Gasteiger partial charge in [-0.2, -0.15) is 0 Å². The molecule has 0 aliphatic carbocycles. The topological polar surface area (TPSA) is 207 Å². The van der Waals surface area contributed by atoms with Crippen LogP contribution in [0.15, 0.2) is 152 Å². The molecule has 0 amide bonds. The van der Waals surface area contributed by atoms with E-state index in [0.717, 1.165) is 11.1 Å². The molecule has 1 aliphatic rings. The van der Waals surface area contributed by atoms with Gasteiger partial charge in [-0.15, -0.1) is 0 Å². The van der Waals surface area contributed by atoms with Gasteiger partial charge in [0.05, 0.1) is 50.2 Å². The van der Waals surface area contributed by atoms with E-state index >= 15 is 0 Å². The molecule has 7 unspecified atom stereocenters. The van der Waals surface area contributed by atoms with E-state index in [1.54, 1.807) is 78.9 Å². The van der Waals surface area contributed by atoms with Crippen LogP contribution in [0, 0.1) is 0 Å². The van der Waals surface area contributed by atoms with Gasteiger partial charge in [0, 0.05) is 13.3 Å². The van der Waals surface area contributed by atoms with Crippen LogP contribution in [0.25, 0.3) is 0 Å². The molecule has 17 heteroatoms. The van der Waals surface area contributed by atoms with Gasteiger partial charge >= 0.3 is 29.8 Å². The lowest BCUT2D eigenvalue weighted by Gasteiger charge is -2.44. The molecule has 17 nitrogen and oxygen atoms in total. The summed E-state index contributed by atoms with van der Waals surface area (Å²) < 4.78 is 66.5. The number of aliphatic hydroxyl groups excluding tert-OH is 1. The number of benzene rings is 5. The van der Waals surface area contributed by atoms with Crippen LogP contribution in [-0.4, -0.2) is 124 Å². The van der Waals surface area contributed by atoms with E-state index in [1.807, 2.05) is 60.7 Å². The fraction of sp³-hybridized carbons (Fsp3) is 0.364. The van der Waals surface area contributed by atoms with Crippen molar-refractivity contribution in [1.29, 1.82) is 0 Å². The molecule has 5 aromatic rings. The number of ether oxygens (including phenoxy) is 11. The van der Waals surface area contributed by atoms with Crippen LogP contribution >= 0.6 is 0 Å². The fourth-order valence-electron chi connectivity index (χ4n) is 7.33. The summed E-state index contributed by atoms with van der Waals surface area (Å²) in [6.07, 6.45) is -11.7. The van der Waals surface area contributed by atoms with Gasteiger partial charge in [0.25, 0.3) is 0 Å². The summed E-state index contributed by atoms with van der Waals surface area (Å²) in [5, 5.41) is 12.3. The Hall–Kier alpha value is -6.83. The first kappa shape index (κ1) is 54.5. The first-order chi connectivity index (χ1) is 35.0. The molecule has 9 atom stereocenters. The number of esters is 5. The highest BCUT2D eigenvalue weighted by atomic mass is 16.7. The summed E-state index contributed by atoms with van der Waals surface area (Å²) in [5.41, 5.74) is 2.14. The zero-order valence-corrected chi connectivity index (χ0v) is 40.3. The maximum absolute atomic E-state index is 13.9. The van der Waals surface area contributed by atoms with Crippen LogP contribution < -0.4 is 0 Å². The van der Waals surface area contributed by atoms with E-state index in [1.165, 1.54) is 33.1 Å². The third-order valence-corrected chi connectivity index (χ3v) is 11.2. The van der Waals surface area contributed by atoms with Crippen molar-refractivity contribution in [2.45, 2.75) is 95.2 Å². The maximum Gasteiger partial charge on any atom is 0.338 e. The summed E-state index contributed by atoms with van der Waals surface area (Å²) in [4.78, 5) is 65.1. The largest absolute Gasteiger partial charge is 0.469 e. The summed E-state index contributed by atoms with van der Waals surface area (Å²) in [6.45, 7) is 1.16. The monoisotopic (exact) mass is 992 g/mol. The van der Waals surface area contributed by atoms with Gasteiger partial charge in [-0.25, -0.2) is 14.4 Å². The molecule has 1 aliphatic heterocycles. The van der Waals surface area contributed by atoms with Crippen LogP contribution in [0.3, 0.4) is 0 Å². The maximum atomic E-state index is 13.9. The molecule has 6 rings (SSSR count). The van der Waals surface area contributed by atoms with Gasteiger partial charge in [0.15, 0.2) is 18.7 Å². The van der Waals surface area contributed by atoms with Crippen molar-refractivity contribution in [2.75, 3.05) is 33.5 Å². The highest BCUT2D eigenvalue weighted by molar-refractivity contribution is 5.90. The van der Waals surface area contributed by atoms with Crippen molar-refractivity contribution in [2.24, 2.45) is 0 Å². The van der Waals surface area contributed by atoms with Crippen LogP contribution in [0.1, 0.15) is 68.9 Å². The van der Waals surface area contributed by atoms with Gasteiger partial charge in [-0.05, 0) is 60.9 Å². The number of hydrogen-bond acceptors (Lipinski definition) is 17. The Morgan fingerprint density at radius 3 is 1.61 bits per heavy atom. The Morgan fingerprint density at radius 2 is 1.08 bits per heavy atom. The average molecular weight is 993 g/mol. The molecule has 0 aromatic heterocycles. The Morgan fingerprint density at radius 1 is 0.597 bits per heavy atom. The number of carbonyl (C=O) groups is 5. The highest BCUT2D eigenvalue weighted by Gasteiger charge is 2.48. The van der Waals surface area contributed by atoms with Crippen molar-refractivity contribution in [3.8, 4) is 0 Å². The SMILES string of the molecule is COC(=O)CCCOC1OC(COC(OC(COC(C)=O)[C@H](C)OC(=O)c2ccccc2)[C@@H](COC(=O)c2ccccc2)OC(=O)c2ccccc2)C(OCc2ccccc2)C(O)C1OCc1ccccc1. The molecule has 1 N–H and O–H groups in total. The van der Waals surface area contributed by atoms with Gasteiger partial charge < -0.3 is 57.2 Å². The molecule has 0 spiro atoms. The van der Waals surface area contributed by atoms with Gasteiger partial charge in [-0.3, -0.25) is 9.59 Å². The third kappa shape index (κ3) is 17.2. The Bertz CT molecular complexity index is 2410. The fourth-order valence-corrected chi connectivity index (χ4v) is 7.33. The van der Waals surface area contributed by atoms with Crippen LogP contribution in [0.2, 0.25) is 0 Å². The standard InChI is InChI=1S/C55H60O17/c1-37(69-52(60)42-26-15-7-16-27-42)44(34-64-38(2)56)71-54(46(70-53(61)43-28-17-8-18-29-43)36-67-51(59)41-24-13-6-14-25-41)68-35-45-49(65-32-39-20-9-4-10-21-39)48(58)50(66-33-40-22-11-5-12-23-40)55(72-45)63-31-19-30-47(57)62-3/h4-18,20-29,37,44-46,48-50,54-55,58H,19,30-36H2,1-3H3/t37-,44?,45?,46+,48?,49?,50?,54?,55?/m0/s1. The van der Waals surface area contributed by atoms with Gasteiger partial charge in [-0.1, -0.05) is 115 Å². The lowest BCUT2D eigenvalue weighted by atomic mass is 9.98. The Balaban J connectivity index is 1.36. The van der Waals surface area contributed by atoms with E-state index in [0.29, 0.717) is 0 Å². The Labute approximate surface area is 418 Å². The number of rotatable bonds is 27. The summed E-state index contributed by atoms with van der Waals surface area (Å²) in [7, 11) is 1.28. The highest BCUT2D eigenvalue weighted by Crippen LogP contribution is 2.30. The molecule has 1 saturated heterocycles. The first-order valence-electron chi connectivity index (χ1n) is 23.5. The van der Waals surface area contributed by atoms with Gasteiger partial charge in [0.1, 0.15) is 49.8 Å². The predicted molar refractivity (Wildman–Crippen MR) is 257 cm³/mol. The molecular weight excluding hydrogens is 933 g/mol. The van der Waals surface area contributed by atoms with Crippen molar-refractivity contribution in [3.63, 3.8) is 0 Å². The second-order valence-corrected chi connectivity index (χ2v) is 16.5. The third-order valence-electron chi connectivity index (χ3n) is 11.2. The lowest BCUT2D eigenvalue weighted by molar-refractivity contribution is -0.330. The number of methoxy groups -OCH3 is 1. The van der Waals surface area contributed by atoms with Crippen molar-refractivity contribution in [1.82, 2.24) is 0 Å². The van der Waals surface area contributed by atoms with Gasteiger partial charge in [0.2, 0.25) is 0 Å². The van der Waals surface area contributed by atoms with Crippen LogP contribution in [-0.2, 0) is 74.9 Å². The molecule has 5 aromatic carbocycles. The van der Waals surface area contributed by atoms with Crippen LogP contribution in [0.5, 0.6) is 0 Å². The first-order valence-corrected chi connectivity index (χ1v) is 23.5. The van der Waals surface area contributed by atoms with Crippen LogP contribution in [0.4, 0.5) is 0 Å². The predicted octanol–water partition coefficient (Wildman–Crippen LogP) is 6.83. The molecule has 72 heavy (non-hydrogen) atoms. The second kappa shape index (κ2) is 28.9. The van der Waals surface area contributed by atoms with E-state index in [9.17, 15) is 29.1 Å². The second-order valence-electron chi connectivity index (χ2n) is 16.5. The molecule has 382 valence electrons. The molecule has 1 heterocycles. The lowest BCUT2D eigenvalue weighted by Crippen LogP contribution is -2.61. The zero-order chi connectivity index (χ0) is 51.1. The molecule has 0 radical (unpaired) electrons. The number of hydrogen-bond donors (Lipinski definition) is 1. The number of aliphatic hydroxyl groups is 1. The smallest absolute Gasteiger partial charge is 0.338 e. The summed E-state index contributed by atoms with van der Waals surface area (Å²) in [5.74, 6) is -3.46. The molecular formula is C55H60O17. The van der Waals surface area contributed by atoms with Crippen molar-refractivity contribution < 1.29 is 81.2 Å². The van der Waals surface area contributed by atoms with E-state index < -0.39 is 105 Å². The molecule has 1 fully saturated rings. The van der Waals surface area contributed by atoms with Crippen molar-refractivity contribution >= 4 is 29.8 Å². The van der Waals surface area contributed by atoms with E-state index in [2.05, 4.69) is 0 Å². The quantitative estimate of drug-likeness (QED) is 0.0248. The van der Waals surface area contributed by atoms with Crippen molar-refractivity contribution in [3.05, 3.63) is 179 Å². The minimum absolute atomic E-state index is 0.00571. The number of carbonyl (C=O) groups excluding carboxylic acids is 5. The molecule has 0 bridgehead atoms. The average Bonchev–Trinajstić information content (AvgIpc) is 3.41.